The molecule has 103 valence electrons. The molecule has 0 radical (unpaired) electrons. The van der Waals surface area contributed by atoms with E-state index in [1.807, 2.05) is 0 Å². The molecule has 0 saturated carbocycles. The zero-order chi connectivity index (χ0) is 14.5. The van der Waals surface area contributed by atoms with Crippen LogP contribution < -0.4 is 4.50 Å². The van der Waals surface area contributed by atoms with E-state index in [0.29, 0.717) is 10.1 Å². The minimum absolute atomic E-state index is 0.287. The fraction of sp³-hybridized carbons (Fsp3) is 0. The van der Waals surface area contributed by atoms with E-state index in [2.05, 4.69) is 6.58 Å². The Hall–Kier alpha value is -2.17. The maximum absolute atomic E-state index is 12.1. The van der Waals surface area contributed by atoms with E-state index in [1.54, 1.807) is 42.5 Å². The molecule has 0 heterocycles. The van der Waals surface area contributed by atoms with Crippen LogP contribution in [0.25, 0.3) is 0 Å². The second kappa shape index (κ2) is 6.32. The number of hydrogen-bond acceptors (Lipinski definition) is 3. The topological polar surface area (TPSA) is 51.2 Å². The quantitative estimate of drug-likeness (QED) is 0.630. The zero-order valence-corrected chi connectivity index (χ0v) is 11.6. The molecule has 3 nitrogen and oxygen atoms in total. The third-order valence-electron chi connectivity index (χ3n) is 2.65. The van der Waals surface area contributed by atoms with Gasteiger partial charge in [0.1, 0.15) is 0 Å². The van der Waals surface area contributed by atoms with Gasteiger partial charge in [-0.3, -0.25) is 0 Å². The number of carbonyl (C=O) groups is 2. The first-order valence-corrected chi connectivity index (χ1v) is 7.34. The summed E-state index contributed by atoms with van der Waals surface area (Å²) in [7, 11) is 0. The molecule has 2 aromatic carbocycles. The molecule has 2 rings (SSSR count). The van der Waals surface area contributed by atoms with Crippen molar-refractivity contribution in [1.82, 2.24) is 0 Å². The predicted octanol–water partition coefficient (Wildman–Crippen LogP) is 2.48. The van der Waals surface area contributed by atoms with Crippen LogP contribution in [0.1, 0.15) is 20.7 Å². The maximum atomic E-state index is 12.1. The van der Waals surface area contributed by atoms with Crippen molar-refractivity contribution in [3.63, 3.8) is 0 Å². The SMILES string of the molecule is C=[CH][Co](=[O])[c]1ccc(C(=O)C(=O)c2ccccc2)cc1. The van der Waals surface area contributed by atoms with Gasteiger partial charge in [0.2, 0.25) is 0 Å². The Morgan fingerprint density at radius 1 is 0.850 bits per heavy atom. The molecule has 0 atom stereocenters. The van der Waals surface area contributed by atoms with Gasteiger partial charge in [0.25, 0.3) is 0 Å². The molecule has 0 aliphatic carbocycles. The number of ketones is 2. The van der Waals surface area contributed by atoms with E-state index < -0.39 is 25.2 Å². The fourth-order valence-corrected chi connectivity index (χ4v) is 2.39. The van der Waals surface area contributed by atoms with E-state index >= 15 is 0 Å². The van der Waals surface area contributed by atoms with Crippen molar-refractivity contribution < 1.29 is 27.0 Å². The molecule has 0 aliphatic rings. The second-order valence-corrected chi connectivity index (χ2v) is 5.67. The van der Waals surface area contributed by atoms with Crippen LogP contribution in [0.3, 0.4) is 0 Å². The summed E-state index contributed by atoms with van der Waals surface area (Å²) >= 11 is -1.62. The van der Waals surface area contributed by atoms with Gasteiger partial charge in [-0.2, -0.15) is 0 Å². The standard InChI is InChI=1S/C14H9O2.C2H3.Co.O/c15-13(11-7-3-1-4-8-11)14(16)12-9-5-2-6-10-12;1-2;;/h1,3-10H;1H,2H2;;. The average Bonchev–Trinajstić information content (AvgIpc) is 2.53. The van der Waals surface area contributed by atoms with Crippen molar-refractivity contribution in [2.45, 2.75) is 0 Å². The van der Waals surface area contributed by atoms with Gasteiger partial charge in [-0.05, 0) is 0 Å². The Morgan fingerprint density at radius 2 is 1.35 bits per heavy atom. The third kappa shape index (κ3) is 3.04. The normalized spacial score (nSPS) is 10.7. The number of benzene rings is 2. The van der Waals surface area contributed by atoms with Crippen molar-refractivity contribution >= 4 is 16.1 Å². The zero-order valence-electron chi connectivity index (χ0n) is 10.5. The predicted molar refractivity (Wildman–Crippen MR) is 72.1 cm³/mol. The third-order valence-corrected chi connectivity index (χ3v) is 3.97. The molecule has 0 aromatic heterocycles. The van der Waals surface area contributed by atoms with Gasteiger partial charge in [0.05, 0.1) is 0 Å². The van der Waals surface area contributed by atoms with E-state index in [4.69, 9.17) is 0 Å². The van der Waals surface area contributed by atoms with Gasteiger partial charge in [-0.25, -0.2) is 0 Å². The van der Waals surface area contributed by atoms with Gasteiger partial charge in [0.15, 0.2) is 0 Å². The average molecular weight is 311 g/mol. The summed E-state index contributed by atoms with van der Waals surface area (Å²) in [4.78, 5) is 24.0. The van der Waals surface area contributed by atoms with Crippen LogP contribution in [0.4, 0.5) is 0 Å². The molecule has 4 heteroatoms. The summed E-state index contributed by atoms with van der Waals surface area (Å²) in [5.41, 5.74) is 0.647. The van der Waals surface area contributed by atoms with Crippen LogP contribution in [0.5, 0.6) is 0 Å². The van der Waals surface area contributed by atoms with Gasteiger partial charge in [-0.1, -0.05) is 0 Å². The molecule has 0 fully saturated rings. The van der Waals surface area contributed by atoms with Crippen molar-refractivity contribution in [2.24, 2.45) is 0 Å². The van der Waals surface area contributed by atoms with Crippen molar-refractivity contribution in [3.8, 4) is 0 Å². The fourth-order valence-electron chi connectivity index (χ4n) is 1.63. The summed E-state index contributed by atoms with van der Waals surface area (Å²) < 4.78 is 12.1. The summed E-state index contributed by atoms with van der Waals surface area (Å²) in [5.74, 6) is -1.12. The van der Waals surface area contributed by atoms with Gasteiger partial charge < -0.3 is 0 Å². The molecule has 0 spiro atoms. The summed E-state index contributed by atoms with van der Waals surface area (Å²) in [6.45, 7) is 3.46. The Bertz CT molecular complexity index is 673. The summed E-state index contributed by atoms with van der Waals surface area (Å²) in [6, 6.07) is 14.6. The molecular formula is C16H12CoO3. The van der Waals surface area contributed by atoms with Crippen LogP contribution in [-0.4, -0.2) is 11.6 Å². The molecule has 0 unspecified atom stereocenters. The molecule has 0 amide bonds. The first kappa shape index (κ1) is 14.2. The molecule has 0 N–H and O–H groups in total. The summed E-state index contributed by atoms with van der Waals surface area (Å²) in [5, 5.41) is 1.35. The van der Waals surface area contributed by atoms with Gasteiger partial charge in [0, 0.05) is 0 Å². The van der Waals surface area contributed by atoms with Crippen molar-refractivity contribution in [1.29, 1.82) is 0 Å². The molecule has 20 heavy (non-hydrogen) atoms. The molecule has 0 saturated heterocycles. The van der Waals surface area contributed by atoms with Gasteiger partial charge in [-0.15, -0.1) is 0 Å². The monoisotopic (exact) mass is 311 g/mol. The molecule has 0 bridgehead atoms. The van der Waals surface area contributed by atoms with E-state index in [1.165, 1.54) is 17.1 Å². The number of Topliss-reactive ketones (excluding diaryl/α,β-unsaturated/α-hetero) is 2. The second-order valence-electron chi connectivity index (χ2n) is 3.88. The molecule has 0 aliphatic heterocycles. The first-order valence-electron chi connectivity index (χ1n) is 5.79. The van der Waals surface area contributed by atoms with Crippen molar-refractivity contribution in [2.75, 3.05) is 0 Å². The number of hydrogen-bond donors (Lipinski definition) is 0. The number of carbonyl (C=O) groups excluding carboxylic acids is 2. The van der Waals surface area contributed by atoms with Gasteiger partial charge >= 0.3 is 120 Å². The first-order chi connectivity index (χ1) is 9.63. The Labute approximate surface area is 120 Å². The Kier molecular flexibility index (Phi) is 4.50. The van der Waals surface area contributed by atoms with Crippen LogP contribution in [0, 0.1) is 0 Å². The molecule has 2 aromatic rings. The Balaban J connectivity index is 2.24. The minimum atomic E-state index is -1.62. The van der Waals surface area contributed by atoms with Crippen LogP contribution in [-0.2, 0) is 17.5 Å². The van der Waals surface area contributed by atoms with Crippen LogP contribution in [0.15, 0.2) is 66.2 Å². The Morgan fingerprint density at radius 3 is 1.85 bits per heavy atom. The summed E-state index contributed by atoms with van der Waals surface area (Å²) in [6.07, 6.45) is 0. The van der Waals surface area contributed by atoms with E-state index in [-0.39, 0.29) is 5.56 Å². The van der Waals surface area contributed by atoms with Crippen LogP contribution >= 0.6 is 0 Å². The molecular weight excluding hydrogens is 299 g/mol. The van der Waals surface area contributed by atoms with Crippen LogP contribution in [0.2, 0.25) is 0 Å². The number of rotatable bonds is 5. The van der Waals surface area contributed by atoms with E-state index in [0.717, 1.165) is 0 Å². The van der Waals surface area contributed by atoms with E-state index in [9.17, 15) is 13.5 Å². The van der Waals surface area contributed by atoms with Crippen molar-refractivity contribution in [3.05, 3.63) is 77.3 Å².